The molecule has 1 heterocycles. The molecule has 1 atom stereocenters. The molecule has 1 unspecified atom stereocenters. The summed E-state index contributed by atoms with van der Waals surface area (Å²) in [6.07, 6.45) is 0.886. The second-order valence-electron chi connectivity index (χ2n) is 5.49. The molecule has 0 saturated heterocycles. The van der Waals surface area contributed by atoms with E-state index in [9.17, 15) is 0 Å². The van der Waals surface area contributed by atoms with Crippen LogP contribution in [0.5, 0.6) is 0 Å². The van der Waals surface area contributed by atoms with Crippen molar-refractivity contribution in [3.8, 4) is 0 Å². The summed E-state index contributed by atoms with van der Waals surface area (Å²) in [5.41, 5.74) is 11.0. The van der Waals surface area contributed by atoms with Gasteiger partial charge in [0, 0.05) is 6.54 Å². The summed E-state index contributed by atoms with van der Waals surface area (Å²) in [6.45, 7) is 5.06. The molecule has 3 aromatic rings. The lowest BCUT2D eigenvalue weighted by Crippen LogP contribution is -2.16. The van der Waals surface area contributed by atoms with Gasteiger partial charge in [0.1, 0.15) is 5.82 Å². The van der Waals surface area contributed by atoms with E-state index in [-0.39, 0.29) is 6.04 Å². The third kappa shape index (κ3) is 2.57. The molecule has 108 valence electrons. The highest BCUT2D eigenvalue weighted by Crippen LogP contribution is 2.23. The summed E-state index contributed by atoms with van der Waals surface area (Å²) in [5, 5.41) is 0. The zero-order valence-corrected chi connectivity index (χ0v) is 12.6. The molecule has 0 saturated carbocycles. The van der Waals surface area contributed by atoms with E-state index in [1.807, 2.05) is 6.07 Å². The lowest BCUT2D eigenvalue weighted by atomic mass is 10.1. The van der Waals surface area contributed by atoms with Crippen LogP contribution >= 0.6 is 0 Å². The van der Waals surface area contributed by atoms with Crippen molar-refractivity contribution in [3.05, 3.63) is 65.5 Å². The normalized spacial score (nSPS) is 12.7. The lowest BCUT2D eigenvalue weighted by molar-refractivity contribution is 0.605. The monoisotopic (exact) mass is 279 g/mol. The van der Waals surface area contributed by atoms with E-state index < -0.39 is 0 Å². The Balaban J connectivity index is 2.13. The molecule has 0 bridgehead atoms. The number of benzene rings is 2. The molecular formula is C18H21N3. The highest BCUT2D eigenvalue weighted by atomic mass is 15.1. The molecule has 3 rings (SSSR count). The average Bonchev–Trinajstić information content (AvgIpc) is 2.88. The first kappa shape index (κ1) is 13.8. The fourth-order valence-electron chi connectivity index (χ4n) is 2.68. The highest BCUT2D eigenvalue weighted by molar-refractivity contribution is 5.76. The van der Waals surface area contributed by atoms with E-state index in [1.54, 1.807) is 0 Å². The maximum absolute atomic E-state index is 6.27. The summed E-state index contributed by atoms with van der Waals surface area (Å²) in [7, 11) is 0. The van der Waals surface area contributed by atoms with Crippen molar-refractivity contribution < 1.29 is 0 Å². The maximum Gasteiger partial charge on any atom is 0.127 e. The van der Waals surface area contributed by atoms with Gasteiger partial charge in [-0.25, -0.2) is 4.98 Å². The molecule has 0 aliphatic heterocycles. The van der Waals surface area contributed by atoms with Crippen molar-refractivity contribution in [2.24, 2.45) is 5.73 Å². The molecule has 3 nitrogen and oxygen atoms in total. The summed E-state index contributed by atoms with van der Waals surface area (Å²) >= 11 is 0. The molecule has 0 amide bonds. The molecular weight excluding hydrogens is 258 g/mol. The van der Waals surface area contributed by atoms with Gasteiger partial charge in [-0.3, -0.25) is 0 Å². The smallest absolute Gasteiger partial charge is 0.127 e. The number of aromatic nitrogens is 2. The molecule has 3 heteroatoms. The van der Waals surface area contributed by atoms with Gasteiger partial charge in [-0.15, -0.1) is 0 Å². The summed E-state index contributed by atoms with van der Waals surface area (Å²) in [6, 6.07) is 16.7. The zero-order chi connectivity index (χ0) is 14.8. The zero-order valence-electron chi connectivity index (χ0n) is 12.6. The second-order valence-corrected chi connectivity index (χ2v) is 5.49. The van der Waals surface area contributed by atoms with Gasteiger partial charge in [-0.2, -0.15) is 0 Å². The summed E-state index contributed by atoms with van der Waals surface area (Å²) < 4.78 is 2.26. The van der Waals surface area contributed by atoms with Gasteiger partial charge in [0.2, 0.25) is 0 Å². The summed E-state index contributed by atoms with van der Waals surface area (Å²) in [5.74, 6) is 0.974. The molecule has 0 radical (unpaired) electrons. The van der Waals surface area contributed by atoms with E-state index in [0.717, 1.165) is 29.8 Å². The van der Waals surface area contributed by atoms with E-state index >= 15 is 0 Å². The minimum absolute atomic E-state index is 0.0265. The molecule has 21 heavy (non-hydrogen) atoms. The predicted octanol–water partition coefficient (Wildman–Crippen LogP) is 3.80. The maximum atomic E-state index is 6.27. The van der Waals surface area contributed by atoms with Crippen LogP contribution in [0.15, 0.2) is 48.5 Å². The number of aryl methyl sites for hydroxylation is 1. The molecule has 2 aromatic carbocycles. The first-order valence-electron chi connectivity index (χ1n) is 7.46. The Kier molecular flexibility index (Phi) is 3.76. The Hall–Kier alpha value is -2.13. The molecule has 2 N–H and O–H groups in total. The van der Waals surface area contributed by atoms with Crippen molar-refractivity contribution in [2.45, 2.75) is 32.9 Å². The Bertz CT molecular complexity index is 758. The van der Waals surface area contributed by atoms with E-state index in [2.05, 4.69) is 60.9 Å². The van der Waals surface area contributed by atoms with E-state index in [1.165, 1.54) is 11.1 Å². The largest absolute Gasteiger partial charge is 0.322 e. The van der Waals surface area contributed by atoms with Crippen molar-refractivity contribution in [3.63, 3.8) is 0 Å². The van der Waals surface area contributed by atoms with E-state index in [0.29, 0.717) is 0 Å². The van der Waals surface area contributed by atoms with Crippen LogP contribution in [0.1, 0.15) is 36.3 Å². The van der Waals surface area contributed by atoms with E-state index in [4.69, 9.17) is 10.7 Å². The minimum atomic E-state index is -0.0265. The van der Waals surface area contributed by atoms with Crippen molar-refractivity contribution >= 4 is 11.0 Å². The number of imidazole rings is 1. The molecule has 0 fully saturated rings. The first-order valence-corrected chi connectivity index (χ1v) is 7.46. The second kappa shape index (κ2) is 5.70. The number of hydrogen-bond donors (Lipinski definition) is 1. The SMILES string of the molecule is CCC(N)c1nc2ccccc2n1Cc1ccccc1C. The lowest BCUT2D eigenvalue weighted by Gasteiger charge is -2.14. The van der Waals surface area contributed by atoms with Crippen LogP contribution in [0.4, 0.5) is 0 Å². The van der Waals surface area contributed by atoms with Gasteiger partial charge >= 0.3 is 0 Å². The van der Waals surface area contributed by atoms with Crippen molar-refractivity contribution in [1.82, 2.24) is 9.55 Å². The van der Waals surface area contributed by atoms with Gasteiger partial charge in [-0.05, 0) is 36.6 Å². The van der Waals surface area contributed by atoms with Gasteiger partial charge in [-0.1, -0.05) is 43.3 Å². The van der Waals surface area contributed by atoms with Crippen LogP contribution in [0.25, 0.3) is 11.0 Å². The predicted molar refractivity (Wildman–Crippen MR) is 87.2 cm³/mol. The van der Waals surface area contributed by atoms with Gasteiger partial charge in [0.25, 0.3) is 0 Å². The van der Waals surface area contributed by atoms with Gasteiger partial charge in [0.05, 0.1) is 17.1 Å². The standard InChI is InChI=1S/C18H21N3/c1-3-15(19)18-20-16-10-6-7-11-17(16)21(18)12-14-9-5-4-8-13(14)2/h4-11,15H,3,12,19H2,1-2H3. The first-order chi connectivity index (χ1) is 10.2. The van der Waals surface area contributed by atoms with Crippen molar-refractivity contribution in [1.29, 1.82) is 0 Å². The molecule has 0 aliphatic carbocycles. The third-order valence-electron chi connectivity index (χ3n) is 4.05. The number of nitrogens with two attached hydrogens (primary N) is 1. The number of hydrogen-bond acceptors (Lipinski definition) is 2. The van der Waals surface area contributed by atoms with Crippen molar-refractivity contribution in [2.75, 3.05) is 0 Å². The van der Waals surface area contributed by atoms with Crippen LogP contribution in [-0.2, 0) is 6.54 Å². The number of rotatable bonds is 4. The van der Waals surface area contributed by atoms with Crippen LogP contribution in [0, 0.1) is 6.92 Å². The quantitative estimate of drug-likeness (QED) is 0.789. The van der Waals surface area contributed by atoms with Gasteiger partial charge < -0.3 is 10.3 Å². The topological polar surface area (TPSA) is 43.8 Å². The Morgan fingerprint density at radius 3 is 2.57 bits per heavy atom. The number of nitrogens with zero attached hydrogens (tertiary/aromatic N) is 2. The Labute approximate surface area is 125 Å². The fourth-order valence-corrected chi connectivity index (χ4v) is 2.68. The number of para-hydroxylation sites is 2. The minimum Gasteiger partial charge on any atom is -0.322 e. The fraction of sp³-hybridized carbons (Fsp3) is 0.278. The third-order valence-corrected chi connectivity index (χ3v) is 4.05. The highest BCUT2D eigenvalue weighted by Gasteiger charge is 2.16. The molecule has 0 spiro atoms. The Morgan fingerprint density at radius 2 is 1.81 bits per heavy atom. The van der Waals surface area contributed by atoms with Gasteiger partial charge in [0.15, 0.2) is 0 Å². The van der Waals surface area contributed by atoms with Crippen LogP contribution in [0.3, 0.4) is 0 Å². The summed E-state index contributed by atoms with van der Waals surface area (Å²) in [4.78, 5) is 4.75. The van der Waals surface area contributed by atoms with Crippen LogP contribution in [0.2, 0.25) is 0 Å². The Morgan fingerprint density at radius 1 is 1.10 bits per heavy atom. The van der Waals surface area contributed by atoms with Crippen LogP contribution in [-0.4, -0.2) is 9.55 Å². The molecule has 1 aromatic heterocycles. The molecule has 0 aliphatic rings. The number of fused-ring (bicyclic) bond motifs is 1. The van der Waals surface area contributed by atoms with Crippen LogP contribution < -0.4 is 5.73 Å². The average molecular weight is 279 g/mol.